The summed E-state index contributed by atoms with van der Waals surface area (Å²) in [5, 5.41) is 0.567. The maximum absolute atomic E-state index is 12.5. The third kappa shape index (κ3) is 5.42. The van der Waals surface area contributed by atoms with Gasteiger partial charge < -0.3 is 11.5 Å². The lowest BCUT2D eigenvalue weighted by atomic mass is 9.46. The van der Waals surface area contributed by atoms with Crippen LogP contribution in [0.3, 0.4) is 0 Å². The zero-order valence-electron chi connectivity index (χ0n) is 12.5. The molecule has 126 valence electrons. The number of carbonyl (C=O) groups is 3. The number of carbonyl (C=O) groups excluding carboxylic acids is 3. The van der Waals surface area contributed by atoms with E-state index < -0.39 is 23.4 Å². The highest BCUT2D eigenvalue weighted by Gasteiger charge is 2.52. The zero-order chi connectivity index (χ0) is 16.9. The van der Waals surface area contributed by atoms with Crippen LogP contribution in [0.25, 0.3) is 0 Å². The normalized spacial score (nSPS) is 25.5. The molecule has 1 atom stereocenters. The molecule has 3 fully saturated rings. The van der Waals surface area contributed by atoms with Gasteiger partial charge in [0, 0.05) is 6.42 Å². The van der Waals surface area contributed by atoms with Crippen molar-refractivity contribution in [1.29, 1.82) is 0 Å². The summed E-state index contributed by atoms with van der Waals surface area (Å²) < 4.78 is 12.5. The van der Waals surface area contributed by atoms with Crippen molar-refractivity contribution >= 4 is 29.3 Å². The molecule has 0 spiro atoms. The van der Waals surface area contributed by atoms with Crippen LogP contribution in [-0.2, 0) is 14.4 Å². The van der Waals surface area contributed by atoms with Gasteiger partial charge in [-0.1, -0.05) is 18.5 Å². The smallest absolute Gasteiger partial charge is 0.291 e. The summed E-state index contributed by atoms with van der Waals surface area (Å²) >= 11 is 4.91. The minimum absolute atomic E-state index is 0.236. The molecule has 3 amide bonds. The summed E-state index contributed by atoms with van der Waals surface area (Å²) in [6.45, 7) is 1.74. The maximum Gasteiger partial charge on any atom is 0.291 e. The summed E-state index contributed by atoms with van der Waals surface area (Å²) in [5.41, 5.74) is 10.4. The molecule has 2 bridgehead atoms. The molecule has 0 aromatic rings. The van der Waals surface area contributed by atoms with Crippen LogP contribution in [0.5, 0.6) is 0 Å². The molecule has 7 nitrogen and oxygen atoms in total. The summed E-state index contributed by atoms with van der Waals surface area (Å²) in [6, 6.07) is 0. The second-order valence-corrected chi connectivity index (χ2v) is 6.42. The first-order chi connectivity index (χ1) is 10.2. The number of hydrazine groups is 1. The third-order valence-corrected chi connectivity index (χ3v) is 4.01. The minimum Gasteiger partial charge on any atom is -0.370 e. The van der Waals surface area contributed by atoms with Gasteiger partial charge in [0.2, 0.25) is 5.91 Å². The number of primary amides is 1. The summed E-state index contributed by atoms with van der Waals surface area (Å²) in [6.07, 6.45) is 4.41. The van der Waals surface area contributed by atoms with Crippen LogP contribution in [0.1, 0.15) is 32.6 Å². The van der Waals surface area contributed by atoms with Crippen LogP contribution in [0, 0.1) is 11.3 Å². The van der Waals surface area contributed by atoms with E-state index in [0.717, 1.165) is 5.41 Å². The number of nitrogens with two attached hydrogens (primary N) is 2. The van der Waals surface area contributed by atoms with Crippen molar-refractivity contribution in [3.05, 3.63) is 0 Å². The topological polar surface area (TPSA) is 119 Å². The molecule has 3 rings (SSSR count). The van der Waals surface area contributed by atoms with Crippen molar-refractivity contribution in [2.75, 3.05) is 13.1 Å². The van der Waals surface area contributed by atoms with E-state index in [1.807, 2.05) is 5.43 Å². The molecule has 0 saturated heterocycles. The number of hydrogen-bond donors (Lipinski definition) is 3. The van der Waals surface area contributed by atoms with Crippen LogP contribution < -0.4 is 16.9 Å². The fourth-order valence-corrected chi connectivity index (χ4v) is 2.79. The molecule has 1 unspecified atom stereocenters. The Morgan fingerprint density at radius 1 is 1.41 bits per heavy atom. The molecule has 5 N–H and O–H groups in total. The molecule has 0 aromatic heterocycles. The third-order valence-electron chi connectivity index (χ3n) is 3.82. The molecule has 9 heteroatoms. The molecule has 0 radical (unpaired) electrons. The number of halogens is 2. The zero-order valence-corrected chi connectivity index (χ0v) is 13.2. The van der Waals surface area contributed by atoms with Gasteiger partial charge in [0.15, 0.2) is 0 Å². The van der Waals surface area contributed by atoms with E-state index in [-0.39, 0.29) is 19.5 Å². The van der Waals surface area contributed by atoms with Crippen molar-refractivity contribution in [2.45, 2.75) is 38.2 Å². The van der Waals surface area contributed by atoms with Crippen LogP contribution in [0.2, 0.25) is 0 Å². The van der Waals surface area contributed by atoms with Gasteiger partial charge in [0.05, 0.1) is 13.1 Å². The number of nitrogens with zero attached hydrogens (tertiary/aromatic N) is 1. The Labute approximate surface area is 133 Å². The van der Waals surface area contributed by atoms with E-state index in [2.05, 4.69) is 6.92 Å². The molecule has 3 aliphatic carbocycles. The lowest BCUT2D eigenvalue weighted by Crippen LogP contribution is -2.51. The summed E-state index contributed by atoms with van der Waals surface area (Å²) in [4.78, 5) is 32.5. The number of alkyl halides is 2. The fourth-order valence-electron chi connectivity index (χ4n) is 2.67. The van der Waals surface area contributed by atoms with Gasteiger partial charge in [-0.25, -0.2) is 9.40 Å². The Morgan fingerprint density at radius 3 is 2.18 bits per heavy atom. The van der Waals surface area contributed by atoms with Crippen molar-refractivity contribution in [3.63, 3.8) is 0 Å². The van der Waals surface area contributed by atoms with Crippen molar-refractivity contribution in [1.82, 2.24) is 10.4 Å². The number of amides is 3. The van der Waals surface area contributed by atoms with E-state index in [0.29, 0.717) is 5.01 Å². The van der Waals surface area contributed by atoms with Gasteiger partial charge >= 0.3 is 0 Å². The standard InChI is InChI=1S/C7H12ClFN4O3.C6H10/c8-6(9)7(16)13(2-1-4(11)14)12-5(15)3-10;1-6-2-5(3-6)4-6/h6H,1-3,10H2,(H2,11,14)(H,12,15);5H,2-4H2,1H3. The SMILES string of the molecule is CC12CC(C1)C2.NCC(=O)NN(CCC(N)=O)C(=O)C(F)Cl. The first kappa shape index (κ1) is 18.6. The van der Waals surface area contributed by atoms with Crippen LogP contribution in [-0.4, -0.2) is 41.5 Å². The predicted molar refractivity (Wildman–Crippen MR) is 78.9 cm³/mol. The van der Waals surface area contributed by atoms with Gasteiger partial charge in [0.1, 0.15) is 0 Å². The van der Waals surface area contributed by atoms with Crippen LogP contribution in [0.15, 0.2) is 0 Å². The first-order valence-corrected chi connectivity index (χ1v) is 7.48. The molecule has 0 aliphatic heterocycles. The molecule has 0 heterocycles. The van der Waals surface area contributed by atoms with E-state index in [1.165, 1.54) is 5.92 Å². The average Bonchev–Trinajstić information content (AvgIpc) is 2.39. The second kappa shape index (κ2) is 7.73. The molecular formula is C13H22ClFN4O3. The molecule has 3 aliphatic rings. The Balaban J connectivity index is 0.000000323. The lowest BCUT2D eigenvalue weighted by molar-refractivity contribution is -0.143. The van der Waals surface area contributed by atoms with Gasteiger partial charge in [0.25, 0.3) is 17.4 Å². The van der Waals surface area contributed by atoms with Gasteiger partial charge in [-0.3, -0.25) is 19.8 Å². The monoisotopic (exact) mass is 336 g/mol. The Kier molecular flexibility index (Phi) is 6.55. The van der Waals surface area contributed by atoms with Gasteiger partial charge in [-0.05, 0) is 30.6 Å². The van der Waals surface area contributed by atoms with Crippen molar-refractivity contribution < 1.29 is 18.8 Å². The Hall–Kier alpha value is -1.41. The fraction of sp³-hybridized carbons (Fsp3) is 0.769. The van der Waals surface area contributed by atoms with E-state index in [1.54, 1.807) is 19.3 Å². The van der Waals surface area contributed by atoms with Crippen molar-refractivity contribution in [3.8, 4) is 0 Å². The molecular weight excluding hydrogens is 315 g/mol. The Bertz CT molecular complexity index is 430. The quantitative estimate of drug-likeness (QED) is 0.484. The highest BCUT2D eigenvalue weighted by atomic mass is 35.5. The Morgan fingerprint density at radius 2 is 1.91 bits per heavy atom. The summed E-state index contributed by atoms with van der Waals surface area (Å²) in [5.74, 6) is -1.43. The van der Waals surface area contributed by atoms with Gasteiger partial charge in [-0.2, -0.15) is 0 Å². The lowest BCUT2D eigenvalue weighted by Gasteiger charge is -2.60. The second-order valence-electron chi connectivity index (χ2n) is 6.04. The number of hydrogen-bond acceptors (Lipinski definition) is 4. The highest BCUT2D eigenvalue weighted by molar-refractivity contribution is 6.29. The first-order valence-electron chi connectivity index (χ1n) is 7.04. The largest absolute Gasteiger partial charge is 0.370 e. The predicted octanol–water partition coefficient (Wildman–Crippen LogP) is 0.0211. The van der Waals surface area contributed by atoms with Gasteiger partial charge in [-0.15, -0.1) is 0 Å². The average molecular weight is 337 g/mol. The molecule has 0 aromatic carbocycles. The van der Waals surface area contributed by atoms with E-state index >= 15 is 0 Å². The number of rotatable bonds is 5. The van der Waals surface area contributed by atoms with Crippen LogP contribution in [0.4, 0.5) is 4.39 Å². The van der Waals surface area contributed by atoms with Crippen LogP contribution >= 0.6 is 11.6 Å². The van der Waals surface area contributed by atoms with E-state index in [4.69, 9.17) is 23.1 Å². The summed E-state index contributed by atoms with van der Waals surface area (Å²) in [7, 11) is 0. The van der Waals surface area contributed by atoms with Crippen molar-refractivity contribution in [2.24, 2.45) is 22.8 Å². The number of nitrogens with one attached hydrogen (secondary N) is 1. The van der Waals surface area contributed by atoms with E-state index in [9.17, 15) is 18.8 Å². The minimum atomic E-state index is -2.31. The highest BCUT2D eigenvalue weighted by Crippen LogP contribution is 2.63. The molecule has 3 saturated carbocycles. The molecule has 22 heavy (non-hydrogen) atoms. The maximum atomic E-state index is 12.5.